The van der Waals surface area contributed by atoms with E-state index in [-0.39, 0.29) is 18.1 Å². The first-order valence-electron chi connectivity index (χ1n) is 9.98. The van der Waals surface area contributed by atoms with Gasteiger partial charge in [-0.3, -0.25) is 4.79 Å². The van der Waals surface area contributed by atoms with Crippen molar-refractivity contribution >= 4 is 26.0 Å². The molecule has 0 saturated carbocycles. The molecule has 0 fully saturated rings. The van der Waals surface area contributed by atoms with Crippen LogP contribution in [0.4, 0.5) is 4.79 Å². The molecule has 2 amide bonds. The number of hydrogen-bond donors (Lipinski definition) is 4. The molecule has 1 aromatic carbocycles. The van der Waals surface area contributed by atoms with E-state index in [1.807, 2.05) is 6.07 Å². The van der Waals surface area contributed by atoms with Crippen LogP contribution in [-0.2, 0) is 20.9 Å². The number of aliphatic hydroxyl groups is 1. The standard InChI is InChI=1S/C22H32N2O6Si/c1-22(2,3)31(4,5)13-9-12-17(20(27)28)23-19(26)18(14-25)24-21(29)30-15-16-10-7-6-8-11-16/h6-8,10-11,17-18,25H,12,14-15H2,1-5H3,(H,23,26)(H,24,29)(H,27,28)/t17-,18+/m1/s1. The molecular weight excluding hydrogens is 416 g/mol. The fourth-order valence-corrected chi connectivity index (χ4v) is 3.05. The van der Waals surface area contributed by atoms with Crippen LogP contribution in [0, 0.1) is 11.5 Å². The summed E-state index contributed by atoms with van der Waals surface area (Å²) in [6.07, 6.45) is -0.980. The molecule has 0 heterocycles. The number of amides is 2. The van der Waals surface area contributed by atoms with Crippen molar-refractivity contribution in [3.05, 3.63) is 35.9 Å². The van der Waals surface area contributed by atoms with Gasteiger partial charge in [-0.05, 0) is 10.6 Å². The molecule has 2 atom stereocenters. The van der Waals surface area contributed by atoms with E-state index in [2.05, 4.69) is 56.0 Å². The number of nitrogens with one attached hydrogen (secondary N) is 2. The summed E-state index contributed by atoms with van der Waals surface area (Å²) in [7, 11) is -1.91. The van der Waals surface area contributed by atoms with Gasteiger partial charge in [-0.15, -0.1) is 11.5 Å². The minimum Gasteiger partial charge on any atom is -0.480 e. The van der Waals surface area contributed by atoms with Crippen molar-refractivity contribution in [3.8, 4) is 11.5 Å². The van der Waals surface area contributed by atoms with Crippen molar-refractivity contribution < 1.29 is 29.3 Å². The minimum absolute atomic E-state index is 0.00671. The number of aliphatic carboxylic acids is 1. The van der Waals surface area contributed by atoms with Crippen LogP contribution in [0.2, 0.25) is 18.1 Å². The molecule has 0 aliphatic rings. The number of aliphatic hydroxyl groups excluding tert-OH is 1. The van der Waals surface area contributed by atoms with Gasteiger partial charge in [0.1, 0.15) is 26.8 Å². The smallest absolute Gasteiger partial charge is 0.408 e. The van der Waals surface area contributed by atoms with E-state index in [1.54, 1.807) is 24.3 Å². The summed E-state index contributed by atoms with van der Waals surface area (Å²) in [4.78, 5) is 35.8. The maximum atomic E-state index is 12.4. The van der Waals surface area contributed by atoms with Crippen LogP contribution in [0.1, 0.15) is 32.8 Å². The first kappa shape index (κ1) is 26.2. The fourth-order valence-electron chi connectivity index (χ4n) is 2.14. The van der Waals surface area contributed by atoms with Crippen molar-refractivity contribution in [2.24, 2.45) is 0 Å². The summed E-state index contributed by atoms with van der Waals surface area (Å²) in [5.74, 6) is 0.815. The van der Waals surface area contributed by atoms with Gasteiger partial charge in [0.05, 0.1) is 6.61 Å². The number of hydrogen-bond acceptors (Lipinski definition) is 5. The Balaban J connectivity index is 2.68. The Labute approximate surface area is 184 Å². The van der Waals surface area contributed by atoms with Gasteiger partial charge >= 0.3 is 12.1 Å². The number of rotatable bonds is 8. The lowest BCUT2D eigenvalue weighted by molar-refractivity contribution is -0.142. The molecule has 170 valence electrons. The first-order valence-corrected chi connectivity index (χ1v) is 13.0. The lowest BCUT2D eigenvalue weighted by Gasteiger charge is -2.31. The summed E-state index contributed by atoms with van der Waals surface area (Å²) in [6, 6.07) is 6.34. The highest BCUT2D eigenvalue weighted by atomic mass is 28.3. The zero-order valence-corrected chi connectivity index (χ0v) is 19.7. The zero-order chi connectivity index (χ0) is 23.7. The monoisotopic (exact) mass is 448 g/mol. The second-order valence-electron chi connectivity index (χ2n) is 8.72. The molecule has 0 saturated heterocycles. The maximum absolute atomic E-state index is 12.4. The highest BCUT2D eigenvalue weighted by molar-refractivity contribution is 6.87. The van der Waals surface area contributed by atoms with Gasteiger partial charge in [0.15, 0.2) is 0 Å². The van der Waals surface area contributed by atoms with E-state index in [1.165, 1.54) is 0 Å². The number of carboxylic acids is 1. The van der Waals surface area contributed by atoms with Gasteiger partial charge in [-0.2, -0.15) is 0 Å². The summed E-state index contributed by atoms with van der Waals surface area (Å²) in [5.41, 5.74) is 3.96. The summed E-state index contributed by atoms with van der Waals surface area (Å²) < 4.78 is 5.02. The van der Waals surface area contributed by atoms with Gasteiger partial charge in [-0.1, -0.05) is 64.2 Å². The topological polar surface area (TPSA) is 125 Å². The molecule has 0 aromatic heterocycles. The molecule has 0 unspecified atom stereocenters. The van der Waals surface area contributed by atoms with Gasteiger partial charge in [0.25, 0.3) is 0 Å². The van der Waals surface area contributed by atoms with Crippen molar-refractivity contribution in [2.75, 3.05) is 6.61 Å². The molecule has 1 aromatic rings. The van der Waals surface area contributed by atoms with Gasteiger partial charge in [-0.25, -0.2) is 9.59 Å². The number of benzene rings is 1. The first-order chi connectivity index (χ1) is 14.4. The lowest BCUT2D eigenvalue weighted by atomic mass is 10.2. The minimum atomic E-state index is -1.91. The Hall–Kier alpha value is -2.83. The van der Waals surface area contributed by atoms with E-state index in [9.17, 15) is 24.6 Å². The van der Waals surface area contributed by atoms with E-state index in [4.69, 9.17) is 4.74 Å². The Morgan fingerprint density at radius 3 is 2.23 bits per heavy atom. The van der Waals surface area contributed by atoms with Crippen molar-refractivity contribution in [1.82, 2.24) is 10.6 Å². The van der Waals surface area contributed by atoms with Crippen molar-refractivity contribution in [3.63, 3.8) is 0 Å². The molecule has 0 aliphatic heterocycles. The van der Waals surface area contributed by atoms with E-state index in [0.29, 0.717) is 0 Å². The molecule has 0 radical (unpaired) electrons. The summed E-state index contributed by atoms with van der Waals surface area (Å²) >= 11 is 0. The average Bonchev–Trinajstić information content (AvgIpc) is 2.69. The second kappa shape index (κ2) is 11.5. The average molecular weight is 449 g/mol. The maximum Gasteiger partial charge on any atom is 0.408 e. The van der Waals surface area contributed by atoms with Crippen molar-refractivity contribution in [2.45, 2.75) is 64.0 Å². The number of ether oxygens (including phenoxy) is 1. The highest BCUT2D eigenvalue weighted by Crippen LogP contribution is 2.35. The summed E-state index contributed by atoms with van der Waals surface area (Å²) in [5, 5.41) is 23.4. The largest absolute Gasteiger partial charge is 0.480 e. The molecule has 8 nitrogen and oxygen atoms in total. The molecule has 4 N–H and O–H groups in total. The highest BCUT2D eigenvalue weighted by Gasteiger charge is 2.34. The van der Waals surface area contributed by atoms with Crippen LogP contribution in [0.25, 0.3) is 0 Å². The van der Waals surface area contributed by atoms with Crippen LogP contribution in [0.3, 0.4) is 0 Å². The molecule has 1 rings (SSSR count). The molecular formula is C22H32N2O6Si. The Morgan fingerprint density at radius 1 is 1.10 bits per heavy atom. The van der Waals surface area contributed by atoms with E-state index in [0.717, 1.165) is 5.56 Å². The number of alkyl carbamates (subject to hydrolysis) is 1. The van der Waals surface area contributed by atoms with Crippen LogP contribution < -0.4 is 10.6 Å². The molecule has 0 aliphatic carbocycles. The number of carboxylic acid groups (broad SMARTS) is 1. The van der Waals surface area contributed by atoms with Crippen LogP contribution in [0.5, 0.6) is 0 Å². The van der Waals surface area contributed by atoms with Crippen LogP contribution >= 0.6 is 0 Å². The van der Waals surface area contributed by atoms with Crippen molar-refractivity contribution in [1.29, 1.82) is 0 Å². The van der Waals surface area contributed by atoms with Gasteiger partial charge in [0.2, 0.25) is 5.91 Å². The third kappa shape index (κ3) is 8.82. The van der Waals surface area contributed by atoms with Gasteiger partial charge < -0.3 is 25.6 Å². The third-order valence-corrected chi connectivity index (χ3v) is 9.75. The molecule has 0 bridgehead atoms. The third-order valence-electron chi connectivity index (χ3n) is 5.20. The lowest BCUT2D eigenvalue weighted by Crippen LogP contribution is -2.53. The normalized spacial score (nSPS) is 13.2. The predicted octanol–water partition coefficient (Wildman–Crippen LogP) is 2.28. The Morgan fingerprint density at radius 2 is 1.71 bits per heavy atom. The number of carbonyl (C=O) groups is 3. The Bertz CT molecular complexity index is 824. The SMILES string of the molecule is CC(C)(C)[Si](C)(C)C#CC[C@@H](NC(=O)[C@H](CO)NC(=O)OCc1ccccc1)C(=O)O. The summed E-state index contributed by atoms with van der Waals surface area (Å²) in [6.45, 7) is 9.76. The van der Waals surface area contributed by atoms with Crippen LogP contribution in [0.15, 0.2) is 30.3 Å². The van der Waals surface area contributed by atoms with Crippen LogP contribution in [-0.4, -0.2) is 54.9 Å². The molecule has 31 heavy (non-hydrogen) atoms. The van der Waals surface area contributed by atoms with E-state index < -0.39 is 44.7 Å². The molecule has 9 heteroatoms. The second-order valence-corrected chi connectivity index (χ2v) is 13.7. The number of carbonyl (C=O) groups excluding carboxylic acids is 2. The quantitative estimate of drug-likeness (QED) is 0.357. The molecule has 0 spiro atoms. The van der Waals surface area contributed by atoms with Gasteiger partial charge in [0, 0.05) is 6.42 Å². The fraction of sp³-hybridized carbons (Fsp3) is 0.500. The predicted molar refractivity (Wildman–Crippen MR) is 120 cm³/mol. The van der Waals surface area contributed by atoms with E-state index >= 15 is 0 Å². The zero-order valence-electron chi connectivity index (χ0n) is 18.7. The Kier molecular flexibility index (Phi) is 9.75.